The molecule has 1 atom stereocenters. The van der Waals surface area contributed by atoms with Crippen LogP contribution in [0.2, 0.25) is 0 Å². The fourth-order valence-corrected chi connectivity index (χ4v) is 3.33. The number of H-pyrrole nitrogens is 1. The van der Waals surface area contributed by atoms with Crippen molar-refractivity contribution >= 4 is 11.9 Å². The first-order valence-corrected chi connectivity index (χ1v) is 10.0. The lowest BCUT2D eigenvalue weighted by Crippen LogP contribution is -2.39. The molecule has 0 aliphatic carbocycles. The number of unbranched alkanes of at least 4 members (excludes halogenated alkanes) is 2. The van der Waals surface area contributed by atoms with Crippen molar-refractivity contribution in [2.45, 2.75) is 72.8 Å². The molecular formula is C21H36N2O4. The molecular weight excluding hydrogens is 344 g/mol. The van der Waals surface area contributed by atoms with E-state index in [9.17, 15) is 9.59 Å². The maximum Gasteiger partial charge on any atom is 0.340 e. The molecule has 1 aromatic rings. The number of ether oxygens (including phenoxy) is 2. The van der Waals surface area contributed by atoms with E-state index in [1.54, 1.807) is 21.0 Å². The summed E-state index contributed by atoms with van der Waals surface area (Å²) in [4.78, 5) is 30.7. The number of hydrogen-bond donors (Lipinski definition) is 1. The quantitative estimate of drug-likeness (QED) is 0.434. The van der Waals surface area contributed by atoms with Gasteiger partial charge in [-0.1, -0.05) is 33.1 Å². The molecule has 0 radical (unpaired) electrons. The zero-order valence-electron chi connectivity index (χ0n) is 17.8. The van der Waals surface area contributed by atoms with E-state index in [-0.39, 0.29) is 18.6 Å². The van der Waals surface area contributed by atoms with Crippen molar-refractivity contribution < 1.29 is 19.1 Å². The van der Waals surface area contributed by atoms with Crippen LogP contribution in [0, 0.1) is 13.8 Å². The van der Waals surface area contributed by atoms with Crippen molar-refractivity contribution in [3.8, 4) is 0 Å². The van der Waals surface area contributed by atoms with E-state index in [0.29, 0.717) is 29.1 Å². The van der Waals surface area contributed by atoms with E-state index >= 15 is 0 Å². The molecule has 1 rings (SSSR count). The number of nitrogens with zero attached hydrogens (tertiary/aromatic N) is 1. The fraction of sp³-hybridized carbons (Fsp3) is 0.714. The lowest BCUT2D eigenvalue weighted by atomic mass is 10.1. The lowest BCUT2D eigenvalue weighted by molar-refractivity contribution is 0.0387. The molecule has 0 aliphatic heterocycles. The van der Waals surface area contributed by atoms with Crippen LogP contribution in [0.4, 0.5) is 0 Å². The summed E-state index contributed by atoms with van der Waals surface area (Å²) in [5.41, 5.74) is 2.26. The highest BCUT2D eigenvalue weighted by Gasteiger charge is 2.27. The van der Waals surface area contributed by atoms with Gasteiger partial charge in [0.05, 0.1) is 12.2 Å². The molecule has 0 saturated heterocycles. The highest BCUT2D eigenvalue weighted by molar-refractivity contribution is 6.00. The van der Waals surface area contributed by atoms with Crippen LogP contribution < -0.4 is 0 Å². The molecule has 0 aromatic carbocycles. The maximum absolute atomic E-state index is 13.2. The summed E-state index contributed by atoms with van der Waals surface area (Å²) in [6.45, 7) is 11.3. The molecule has 154 valence electrons. The van der Waals surface area contributed by atoms with Gasteiger partial charge in [-0.25, -0.2) is 4.79 Å². The number of methoxy groups -OCH3 is 1. The number of hydrogen-bond acceptors (Lipinski definition) is 4. The van der Waals surface area contributed by atoms with Crippen molar-refractivity contribution in [1.29, 1.82) is 0 Å². The molecule has 1 N–H and O–H groups in total. The minimum absolute atomic E-state index is 0.0383. The highest BCUT2D eigenvalue weighted by Crippen LogP contribution is 2.22. The Morgan fingerprint density at radius 2 is 1.81 bits per heavy atom. The molecule has 1 unspecified atom stereocenters. The Hall–Kier alpha value is -1.82. The van der Waals surface area contributed by atoms with E-state index in [4.69, 9.17) is 9.47 Å². The summed E-state index contributed by atoms with van der Waals surface area (Å²) in [7, 11) is 1.56. The number of aryl methyl sites for hydroxylation is 1. The molecule has 27 heavy (non-hydrogen) atoms. The van der Waals surface area contributed by atoms with E-state index in [0.717, 1.165) is 38.6 Å². The minimum Gasteiger partial charge on any atom is -0.460 e. The second-order valence-electron chi connectivity index (χ2n) is 7.10. The number of carbonyl (C=O) groups is 2. The molecule has 0 aliphatic rings. The number of carbonyl (C=O) groups excluding carboxylic acids is 2. The molecule has 0 fully saturated rings. The van der Waals surface area contributed by atoms with Gasteiger partial charge in [-0.15, -0.1) is 0 Å². The predicted molar refractivity (Wildman–Crippen MR) is 107 cm³/mol. The van der Waals surface area contributed by atoms with Crippen molar-refractivity contribution in [1.82, 2.24) is 9.88 Å². The van der Waals surface area contributed by atoms with Crippen molar-refractivity contribution in [2.75, 3.05) is 26.9 Å². The van der Waals surface area contributed by atoms with Gasteiger partial charge >= 0.3 is 5.97 Å². The number of nitrogens with one attached hydrogen (secondary N) is 1. The molecule has 0 spiro atoms. The monoisotopic (exact) mass is 380 g/mol. The fourth-order valence-electron chi connectivity index (χ4n) is 3.33. The summed E-state index contributed by atoms with van der Waals surface area (Å²) < 4.78 is 10.2. The van der Waals surface area contributed by atoms with Crippen LogP contribution >= 0.6 is 0 Å². The van der Waals surface area contributed by atoms with Gasteiger partial charge in [0.15, 0.2) is 0 Å². The van der Waals surface area contributed by atoms with Crippen LogP contribution in [0.5, 0.6) is 0 Å². The second-order valence-corrected chi connectivity index (χ2v) is 7.10. The Morgan fingerprint density at radius 3 is 2.41 bits per heavy atom. The van der Waals surface area contributed by atoms with Crippen LogP contribution in [-0.2, 0) is 9.47 Å². The Labute approximate surface area is 163 Å². The molecule has 1 aromatic heterocycles. The van der Waals surface area contributed by atoms with Gasteiger partial charge in [-0.2, -0.15) is 0 Å². The third-order valence-corrected chi connectivity index (χ3v) is 4.88. The molecule has 1 amide bonds. The van der Waals surface area contributed by atoms with Crippen molar-refractivity contribution in [2.24, 2.45) is 0 Å². The van der Waals surface area contributed by atoms with Crippen LogP contribution in [-0.4, -0.2) is 54.7 Å². The van der Waals surface area contributed by atoms with Crippen molar-refractivity contribution in [3.63, 3.8) is 0 Å². The van der Waals surface area contributed by atoms with Gasteiger partial charge in [0.2, 0.25) is 0 Å². The number of rotatable bonds is 12. The highest BCUT2D eigenvalue weighted by atomic mass is 16.6. The summed E-state index contributed by atoms with van der Waals surface area (Å²) in [5.74, 6) is -0.458. The van der Waals surface area contributed by atoms with Gasteiger partial charge in [0.1, 0.15) is 12.3 Å². The zero-order chi connectivity index (χ0) is 20.4. The van der Waals surface area contributed by atoms with Crippen LogP contribution in [0.1, 0.15) is 85.0 Å². The second kappa shape index (κ2) is 11.8. The Morgan fingerprint density at radius 1 is 1.11 bits per heavy atom. The largest absolute Gasteiger partial charge is 0.460 e. The third-order valence-electron chi connectivity index (χ3n) is 4.88. The average molecular weight is 381 g/mol. The molecule has 0 bridgehead atoms. The third kappa shape index (κ3) is 6.38. The van der Waals surface area contributed by atoms with Gasteiger partial charge < -0.3 is 19.4 Å². The van der Waals surface area contributed by atoms with E-state index < -0.39 is 5.97 Å². The first kappa shape index (κ1) is 23.2. The molecule has 1 heterocycles. The predicted octanol–water partition coefficient (Wildman–Crippen LogP) is 4.26. The van der Waals surface area contributed by atoms with Crippen LogP contribution in [0.15, 0.2) is 0 Å². The lowest BCUT2D eigenvalue weighted by Gasteiger charge is -2.29. The van der Waals surface area contributed by atoms with E-state index in [1.165, 1.54) is 0 Å². The molecule has 6 nitrogen and oxygen atoms in total. The summed E-state index contributed by atoms with van der Waals surface area (Å²) in [6.07, 6.45) is 5.19. The van der Waals surface area contributed by atoms with Crippen molar-refractivity contribution in [3.05, 3.63) is 22.5 Å². The number of amides is 1. The SMILES string of the molecule is CCCCCN(C(=O)c1[nH]c(C)c(C(=O)OCCOC)c1C)C(C)CCC. The topological polar surface area (TPSA) is 71.6 Å². The van der Waals surface area contributed by atoms with Gasteiger partial charge in [-0.3, -0.25) is 4.79 Å². The standard InChI is InChI=1S/C21H36N2O4/c1-7-9-10-12-23(15(3)11-8-2)20(24)19-16(4)18(17(5)22-19)21(25)27-14-13-26-6/h15,22H,7-14H2,1-6H3. The Bertz CT molecular complexity index is 610. The van der Waals surface area contributed by atoms with E-state index in [1.807, 2.05) is 4.90 Å². The molecule has 6 heteroatoms. The van der Waals surface area contributed by atoms with Crippen LogP contribution in [0.25, 0.3) is 0 Å². The summed E-state index contributed by atoms with van der Waals surface area (Å²) in [5, 5.41) is 0. The minimum atomic E-state index is -0.420. The average Bonchev–Trinajstić information content (AvgIpc) is 2.93. The number of aromatic amines is 1. The Balaban J connectivity index is 3.04. The Kier molecular flexibility index (Phi) is 10.1. The molecule has 0 saturated carbocycles. The smallest absolute Gasteiger partial charge is 0.340 e. The zero-order valence-corrected chi connectivity index (χ0v) is 17.8. The first-order chi connectivity index (χ1) is 12.9. The van der Waals surface area contributed by atoms with Crippen LogP contribution in [0.3, 0.4) is 0 Å². The van der Waals surface area contributed by atoms with E-state index in [2.05, 4.69) is 25.8 Å². The summed E-state index contributed by atoms with van der Waals surface area (Å²) in [6, 6.07) is 0.166. The first-order valence-electron chi connectivity index (χ1n) is 10.0. The normalized spacial score (nSPS) is 12.1. The van der Waals surface area contributed by atoms with Gasteiger partial charge in [-0.05, 0) is 39.2 Å². The van der Waals surface area contributed by atoms with Gasteiger partial charge in [0.25, 0.3) is 5.91 Å². The maximum atomic E-state index is 13.2. The number of esters is 1. The van der Waals surface area contributed by atoms with Gasteiger partial charge in [0, 0.05) is 25.4 Å². The number of aromatic nitrogens is 1. The summed E-state index contributed by atoms with van der Waals surface area (Å²) >= 11 is 0.